The first-order valence-electron chi connectivity index (χ1n) is 6.96. The molecular weight excluding hydrogens is 266 g/mol. The highest BCUT2D eigenvalue weighted by Gasteiger charge is 2.19. The molecule has 108 valence electrons. The molecule has 0 bridgehead atoms. The standard InChI is InChI=1S/C17H17NO3/c1-12(13-6-3-2-4-7-13)18-16(19)10-14-8-5-9-15-17(14)21-11-20-15/h2-9,12H,10-11H2,1H3,(H,18,19). The van der Waals surface area contributed by atoms with E-state index in [-0.39, 0.29) is 25.2 Å². The summed E-state index contributed by atoms with van der Waals surface area (Å²) >= 11 is 0. The second-order valence-corrected chi connectivity index (χ2v) is 5.03. The number of carbonyl (C=O) groups excluding carboxylic acids is 1. The number of ether oxygens (including phenoxy) is 2. The fourth-order valence-corrected chi connectivity index (χ4v) is 2.42. The summed E-state index contributed by atoms with van der Waals surface area (Å²) in [5.41, 5.74) is 1.94. The SMILES string of the molecule is CC(NC(=O)Cc1cccc2c1OCO2)c1ccccc1. The Morgan fingerprint density at radius 2 is 1.95 bits per heavy atom. The van der Waals surface area contributed by atoms with Crippen LogP contribution in [0.3, 0.4) is 0 Å². The van der Waals surface area contributed by atoms with Crippen LogP contribution in [0.15, 0.2) is 48.5 Å². The van der Waals surface area contributed by atoms with Crippen molar-refractivity contribution in [2.45, 2.75) is 19.4 Å². The summed E-state index contributed by atoms with van der Waals surface area (Å²) in [6.45, 7) is 2.19. The number of benzene rings is 2. The number of fused-ring (bicyclic) bond motifs is 1. The molecule has 1 aliphatic heterocycles. The zero-order valence-corrected chi connectivity index (χ0v) is 11.8. The quantitative estimate of drug-likeness (QED) is 0.938. The number of hydrogen-bond acceptors (Lipinski definition) is 3. The summed E-state index contributed by atoms with van der Waals surface area (Å²) in [5, 5.41) is 3.00. The van der Waals surface area contributed by atoms with Crippen LogP contribution in [-0.4, -0.2) is 12.7 Å². The van der Waals surface area contributed by atoms with Gasteiger partial charge in [-0.05, 0) is 18.6 Å². The van der Waals surface area contributed by atoms with Gasteiger partial charge < -0.3 is 14.8 Å². The molecule has 1 amide bonds. The minimum atomic E-state index is -0.0322. The topological polar surface area (TPSA) is 47.6 Å². The molecule has 1 unspecified atom stereocenters. The fraction of sp³-hybridized carbons (Fsp3) is 0.235. The van der Waals surface area contributed by atoms with Crippen molar-refractivity contribution in [2.24, 2.45) is 0 Å². The van der Waals surface area contributed by atoms with Crippen LogP contribution < -0.4 is 14.8 Å². The van der Waals surface area contributed by atoms with Gasteiger partial charge in [-0.15, -0.1) is 0 Å². The van der Waals surface area contributed by atoms with Crippen molar-refractivity contribution in [3.8, 4) is 11.5 Å². The van der Waals surface area contributed by atoms with Crippen molar-refractivity contribution in [1.82, 2.24) is 5.32 Å². The van der Waals surface area contributed by atoms with Crippen LogP contribution in [-0.2, 0) is 11.2 Å². The lowest BCUT2D eigenvalue weighted by molar-refractivity contribution is -0.121. The Morgan fingerprint density at radius 1 is 1.14 bits per heavy atom. The van der Waals surface area contributed by atoms with Crippen molar-refractivity contribution in [3.63, 3.8) is 0 Å². The molecule has 1 atom stereocenters. The first kappa shape index (κ1) is 13.5. The van der Waals surface area contributed by atoms with Gasteiger partial charge in [0.05, 0.1) is 12.5 Å². The van der Waals surface area contributed by atoms with Gasteiger partial charge in [0.25, 0.3) is 0 Å². The van der Waals surface area contributed by atoms with Gasteiger partial charge in [0.1, 0.15) is 0 Å². The van der Waals surface area contributed by atoms with Crippen molar-refractivity contribution < 1.29 is 14.3 Å². The third-order valence-corrected chi connectivity index (χ3v) is 3.51. The zero-order valence-electron chi connectivity index (χ0n) is 11.8. The number of hydrogen-bond donors (Lipinski definition) is 1. The van der Waals surface area contributed by atoms with E-state index < -0.39 is 0 Å². The van der Waals surface area contributed by atoms with E-state index in [4.69, 9.17) is 9.47 Å². The van der Waals surface area contributed by atoms with Gasteiger partial charge >= 0.3 is 0 Å². The van der Waals surface area contributed by atoms with Crippen LogP contribution in [0.4, 0.5) is 0 Å². The Kier molecular flexibility index (Phi) is 3.77. The molecule has 4 nitrogen and oxygen atoms in total. The van der Waals surface area contributed by atoms with Crippen LogP contribution in [0, 0.1) is 0 Å². The smallest absolute Gasteiger partial charge is 0.231 e. The Morgan fingerprint density at radius 3 is 2.76 bits per heavy atom. The van der Waals surface area contributed by atoms with E-state index in [9.17, 15) is 4.79 Å². The summed E-state index contributed by atoms with van der Waals surface area (Å²) in [6.07, 6.45) is 0.281. The molecule has 21 heavy (non-hydrogen) atoms. The van der Waals surface area contributed by atoms with E-state index in [1.807, 2.05) is 55.5 Å². The molecule has 4 heteroatoms. The van der Waals surface area contributed by atoms with Crippen LogP contribution in [0.5, 0.6) is 11.5 Å². The summed E-state index contributed by atoms with van der Waals surface area (Å²) in [4.78, 5) is 12.2. The molecule has 2 aromatic rings. The molecule has 0 aromatic heterocycles. The van der Waals surface area contributed by atoms with E-state index in [0.29, 0.717) is 11.5 Å². The molecule has 0 saturated carbocycles. The van der Waals surface area contributed by atoms with E-state index >= 15 is 0 Å². The molecule has 0 radical (unpaired) electrons. The summed E-state index contributed by atoms with van der Waals surface area (Å²) in [6, 6.07) is 15.5. The highest BCUT2D eigenvalue weighted by atomic mass is 16.7. The minimum absolute atomic E-state index is 0.0207. The van der Waals surface area contributed by atoms with Crippen molar-refractivity contribution in [2.75, 3.05) is 6.79 Å². The van der Waals surface area contributed by atoms with Gasteiger partial charge in [0, 0.05) is 5.56 Å². The molecular formula is C17H17NO3. The third kappa shape index (κ3) is 2.99. The van der Waals surface area contributed by atoms with Gasteiger partial charge in [0.2, 0.25) is 12.7 Å². The maximum atomic E-state index is 12.2. The number of nitrogens with one attached hydrogen (secondary N) is 1. The second-order valence-electron chi connectivity index (χ2n) is 5.03. The molecule has 1 aliphatic rings. The summed E-state index contributed by atoms with van der Waals surface area (Å²) in [5.74, 6) is 1.35. The van der Waals surface area contributed by atoms with Gasteiger partial charge in [-0.3, -0.25) is 4.79 Å². The van der Waals surface area contributed by atoms with Gasteiger partial charge in [-0.2, -0.15) is 0 Å². The first-order chi connectivity index (χ1) is 10.2. The molecule has 1 N–H and O–H groups in total. The minimum Gasteiger partial charge on any atom is -0.454 e. The van der Waals surface area contributed by atoms with Gasteiger partial charge in [-0.1, -0.05) is 42.5 Å². The number of carbonyl (C=O) groups is 1. The molecule has 2 aromatic carbocycles. The monoisotopic (exact) mass is 283 g/mol. The van der Waals surface area contributed by atoms with E-state index in [2.05, 4.69) is 5.32 Å². The third-order valence-electron chi connectivity index (χ3n) is 3.51. The fourth-order valence-electron chi connectivity index (χ4n) is 2.42. The Balaban J connectivity index is 1.66. The number of para-hydroxylation sites is 1. The summed E-state index contributed by atoms with van der Waals surface area (Å²) < 4.78 is 10.7. The normalized spacial score (nSPS) is 13.8. The van der Waals surface area contributed by atoms with Gasteiger partial charge in [0.15, 0.2) is 11.5 Å². The Hall–Kier alpha value is -2.49. The largest absolute Gasteiger partial charge is 0.454 e. The van der Waals surface area contributed by atoms with E-state index in [1.165, 1.54) is 0 Å². The van der Waals surface area contributed by atoms with Gasteiger partial charge in [-0.25, -0.2) is 0 Å². The molecule has 0 saturated heterocycles. The molecule has 0 spiro atoms. The molecule has 3 rings (SSSR count). The van der Waals surface area contributed by atoms with Crippen LogP contribution in [0.2, 0.25) is 0 Å². The first-order valence-corrected chi connectivity index (χ1v) is 6.96. The highest BCUT2D eigenvalue weighted by molar-refractivity contribution is 5.80. The van der Waals surface area contributed by atoms with E-state index in [0.717, 1.165) is 11.1 Å². The predicted octanol–water partition coefficient (Wildman–Crippen LogP) is 2.84. The molecule has 0 aliphatic carbocycles. The van der Waals surface area contributed by atoms with Crippen LogP contribution in [0.1, 0.15) is 24.1 Å². The average Bonchev–Trinajstić information content (AvgIpc) is 2.97. The number of amides is 1. The van der Waals surface area contributed by atoms with Crippen molar-refractivity contribution >= 4 is 5.91 Å². The zero-order chi connectivity index (χ0) is 14.7. The second kappa shape index (κ2) is 5.87. The Labute approximate surface area is 123 Å². The summed E-state index contributed by atoms with van der Waals surface area (Å²) in [7, 11) is 0. The van der Waals surface area contributed by atoms with E-state index in [1.54, 1.807) is 0 Å². The van der Waals surface area contributed by atoms with Crippen LogP contribution >= 0.6 is 0 Å². The average molecular weight is 283 g/mol. The lowest BCUT2D eigenvalue weighted by atomic mass is 10.1. The Bertz CT molecular complexity index is 640. The van der Waals surface area contributed by atoms with Crippen LogP contribution in [0.25, 0.3) is 0 Å². The van der Waals surface area contributed by atoms with Crippen molar-refractivity contribution in [1.29, 1.82) is 0 Å². The maximum absolute atomic E-state index is 12.2. The number of rotatable bonds is 4. The predicted molar refractivity (Wildman–Crippen MR) is 79.3 cm³/mol. The highest BCUT2D eigenvalue weighted by Crippen LogP contribution is 2.35. The lowest BCUT2D eigenvalue weighted by Gasteiger charge is -2.14. The molecule has 0 fully saturated rings. The molecule has 1 heterocycles. The maximum Gasteiger partial charge on any atom is 0.231 e. The van der Waals surface area contributed by atoms with Crippen molar-refractivity contribution in [3.05, 3.63) is 59.7 Å². The lowest BCUT2D eigenvalue weighted by Crippen LogP contribution is -2.28.